The van der Waals surface area contributed by atoms with Crippen molar-refractivity contribution < 1.29 is 9.59 Å². The molecule has 2 N–H and O–H groups in total. The van der Waals surface area contributed by atoms with E-state index in [-0.39, 0.29) is 28.4 Å². The second-order valence-corrected chi connectivity index (χ2v) is 7.44. The van der Waals surface area contributed by atoms with Crippen LogP contribution in [0.5, 0.6) is 0 Å². The number of halogens is 2. The van der Waals surface area contributed by atoms with E-state index in [9.17, 15) is 9.59 Å². The second kappa shape index (κ2) is 10.3. The van der Waals surface area contributed by atoms with E-state index in [2.05, 4.69) is 47.5 Å². The average Bonchev–Trinajstić information content (AvgIpc) is 2.77. The number of carbonyl (C=O) groups excluding carboxylic acids is 2. The van der Waals surface area contributed by atoms with E-state index in [4.69, 9.17) is 0 Å². The van der Waals surface area contributed by atoms with Crippen LogP contribution in [0, 0.1) is 0 Å². The lowest BCUT2D eigenvalue weighted by Crippen LogP contribution is -2.13. The fraction of sp³-hybridized carbons (Fsp3) is 0.136. The molecular weight excluding hydrogens is 498 g/mol. The van der Waals surface area contributed by atoms with Crippen molar-refractivity contribution in [3.63, 3.8) is 0 Å². The third kappa shape index (κ3) is 5.74. The number of amides is 2. The lowest BCUT2D eigenvalue weighted by atomic mass is 9.85. The zero-order valence-corrected chi connectivity index (χ0v) is 18.6. The molecule has 0 aliphatic carbocycles. The normalized spacial score (nSPS) is 10.6. The molecule has 0 atom stereocenters. The van der Waals surface area contributed by atoms with E-state index >= 15 is 0 Å². The zero-order chi connectivity index (χ0) is 20.6. The van der Waals surface area contributed by atoms with Gasteiger partial charge in [-0.25, -0.2) is 0 Å². The minimum absolute atomic E-state index is 0.000136. The van der Waals surface area contributed by atoms with Gasteiger partial charge in [-0.3, -0.25) is 14.6 Å². The molecule has 148 valence electrons. The SMILES string of the molecule is O=C(CBr)Nc1ccc(C(c2ccncc2)c2ccc(NC(=O)CBr)cc2)cc1. The molecule has 3 rings (SSSR count). The minimum atomic E-state index is -0.0930. The largest absolute Gasteiger partial charge is 0.325 e. The van der Waals surface area contributed by atoms with Gasteiger partial charge in [-0.15, -0.1) is 0 Å². The molecule has 0 unspecified atom stereocenters. The van der Waals surface area contributed by atoms with Crippen molar-refractivity contribution in [3.05, 3.63) is 89.7 Å². The van der Waals surface area contributed by atoms with Gasteiger partial charge in [0.15, 0.2) is 0 Å². The molecule has 0 aliphatic rings. The molecule has 29 heavy (non-hydrogen) atoms. The molecule has 1 aromatic heterocycles. The number of nitrogens with one attached hydrogen (secondary N) is 2. The van der Waals surface area contributed by atoms with Gasteiger partial charge in [0.05, 0.1) is 10.7 Å². The number of anilines is 2. The highest BCUT2D eigenvalue weighted by molar-refractivity contribution is 9.09. The predicted octanol–water partition coefficient (Wildman–Crippen LogP) is 4.93. The summed E-state index contributed by atoms with van der Waals surface area (Å²) in [4.78, 5) is 27.3. The van der Waals surface area contributed by atoms with Crippen LogP contribution in [0.4, 0.5) is 11.4 Å². The van der Waals surface area contributed by atoms with Crippen molar-refractivity contribution in [2.24, 2.45) is 0 Å². The van der Waals surface area contributed by atoms with Gasteiger partial charge in [0.2, 0.25) is 11.8 Å². The smallest absolute Gasteiger partial charge is 0.235 e. The third-order valence-electron chi connectivity index (χ3n) is 4.34. The van der Waals surface area contributed by atoms with Crippen LogP contribution in [0.3, 0.4) is 0 Å². The molecule has 7 heteroatoms. The number of alkyl halides is 2. The van der Waals surface area contributed by atoms with Crippen LogP contribution >= 0.6 is 31.9 Å². The first-order valence-electron chi connectivity index (χ1n) is 8.92. The maximum absolute atomic E-state index is 11.6. The Hall–Kier alpha value is -2.51. The van der Waals surface area contributed by atoms with Gasteiger partial charge < -0.3 is 10.6 Å². The van der Waals surface area contributed by atoms with E-state index in [0.717, 1.165) is 28.1 Å². The summed E-state index contributed by atoms with van der Waals surface area (Å²) in [5.74, 6) is -0.186. The number of rotatable bonds is 7. The number of hydrogen-bond acceptors (Lipinski definition) is 3. The quantitative estimate of drug-likeness (QED) is 0.437. The van der Waals surface area contributed by atoms with Crippen LogP contribution < -0.4 is 10.6 Å². The molecule has 2 amide bonds. The van der Waals surface area contributed by atoms with Gasteiger partial charge in [0.25, 0.3) is 0 Å². The lowest BCUT2D eigenvalue weighted by Gasteiger charge is -2.19. The molecule has 0 saturated carbocycles. The summed E-state index contributed by atoms with van der Waals surface area (Å²) >= 11 is 6.30. The number of benzene rings is 2. The van der Waals surface area contributed by atoms with Crippen molar-refractivity contribution >= 4 is 55.0 Å². The van der Waals surface area contributed by atoms with Crippen LogP contribution in [0.1, 0.15) is 22.6 Å². The van der Waals surface area contributed by atoms with Crippen LogP contribution in [0.25, 0.3) is 0 Å². The second-order valence-electron chi connectivity index (χ2n) is 6.32. The summed E-state index contributed by atoms with van der Waals surface area (Å²) in [5.41, 5.74) is 4.78. The highest BCUT2D eigenvalue weighted by atomic mass is 79.9. The number of carbonyl (C=O) groups is 2. The Morgan fingerprint density at radius 3 is 1.45 bits per heavy atom. The topological polar surface area (TPSA) is 71.1 Å². The van der Waals surface area contributed by atoms with Crippen molar-refractivity contribution in [2.75, 3.05) is 21.3 Å². The fourth-order valence-corrected chi connectivity index (χ4v) is 3.32. The van der Waals surface area contributed by atoms with Gasteiger partial charge in [-0.1, -0.05) is 56.1 Å². The monoisotopic (exact) mass is 515 g/mol. The van der Waals surface area contributed by atoms with Crippen LogP contribution in [0.2, 0.25) is 0 Å². The Morgan fingerprint density at radius 2 is 1.07 bits per heavy atom. The number of pyridine rings is 1. The van der Waals surface area contributed by atoms with E-state index in [1.807, 2.05) is 60.7 Å². The Kier molecular flexibility index (Phi) is 7.55. The van der Waals surface area contributed by atoms with E-state index in [0.29, 0.717) is 0 Å². The van der Waals surface area contributed by atoms with Gasteiger partial charge in [0, 0.05) is 29.7 Å². The van der Waals surface area contributed by atoms with E-state index < -0.39 is 0 Å². The summed E-state index contributed by atoms with van der Waals surface area (Å²) in [6.07, 6.45) is 3.55. The van der Waals surface area contributed by atoms with Crippen molar-refractivity contribution in [1.29, 1.82) is 0 Å². The summed E-state index contributed by atoms with van der Waals surface area (Å²) in [6.45, 7) is 0. The number of nitrogens with zero attached hydrogens (tertiary/aromatic N) is 1. The molecule has 1 heterocycles. The van der Waals surface area contributed by atoms with Gasteiger partial charge in [0.1, 0.15) is 0 Å². The Morgan fingerprint density at radius 1 is 0.690 bits per heavy atom. The Labute approximate surface area is 186 Å². The van der Waals surface area contributed by atoms with Crippen molar-refractivity contribution in [3.8, 4) is 0 Å². The molecule has 2 aromatic carbocycles. The van der Waals surface area contributed by atoms with Crippen LogP contribution in [0.15, 0.2) is 73.1 Å². The van der Waals surface area contributed by atoms with Crippen molar-refractivity contribution in [2.45, 2.75) is 5.92 Å². The summed E-state index contributed by atoms with van der Waals surface area (Å²) in [7, 11) is 0. The summed E-state index contributed by atoms with van der Waals surface area (Å²) < 4.78 is 0. The molecule has 0 aliphatic heterocycles. The predicted molar refractivity (Wildman–Crippen MR) is 123 cm³/mol. The van der Waals surface area contributed by atoms with E-state index in [1.165, 1.54) is 0 Å². The highest BCUT2D eigenvalue weighted by Crippen LogP contribution is 2.33. The Bertz CT molecular complexity index is 900. The molecule has 0 bridgehead atoms. The molecule has 0 spiro atoms. The molecule has 0 saturated heterocycles. The molecular formula is C22H19Br2N3O2. The Balaban J connectivity index is 1.92. The fourth-order valence-electron chi connectivity index (χ4n) is 3.04. The summed E-state index contributed by atoms with van der Waals surface area (Å²) in [6, 6.07) is 19.6. The lowest BCUT2D eigenvalue weighted by molar-refractivity contribution is -0.114. The maximum atomic E-state index is 11.6. The van der Waals surface area contributed by atoms with Gasteiger partial charge in [-0.05, 0) is 53.1 Å². The zero-order valence-electron chi connectivity index (χ0n) is 15.4. The van der Waals surface area contributed by atoms with Crippen LogP contribution in [-0.4, -0.2) is 27.5 Å². The van der Waals surface area contributed by atoms with Gasteiger partial charge >= 0.3 is 0 Å². The average molecular weight is 517 g/mol. The molecule has 5 nitrogen and oxygen atoms in total. The first kappa shape index (κ1) is 21.2. The summed E-state index contributed by atoms with van der Waals surface area (Å²) in [5, 5.41) is 6.17. The molecule has 3 aromatic rings. The number of aromatic nitrogens is 1. The minimum Gasteiger partial charge on any atom is -0.325 e. The van der Waals surface area contributed by atoms with Crippen LogP contribution in [-0.2, 0) is 9.59 Å². The standard InChI is InChI=1S/C22H19Br2N3O2/c23-13-20(28)26-18-5-1-15(2-6-18)22(17-9-11-25-12-10-17)16-3-7-19(8-4-16)27-21(29)14-24/h1-12,22H,13-14H2,(H,26,28)(H,27,29). The highest BCUT2D eigenvalue weighted by Gasteiger charge is 2.17. The van der Waals surface area contributed by atoms with Crippen molar-refractivity contribution in [1.82, 2.24) is 4.98 Å². The molecule has 0 fully saturated rings. The van der Waals surface area contributed by atoms with Gasteiger partial charge in [-0.2, -0.15) is 0 Å². The maximum Gasteiger partial charge on any atom is 0.235 e. The number of hydrogen-bond donors (Lipinski definition) is 2. The molecule has 0 radical (unpaired) electrons. The first-order chi connectivity index (χ1) is 14.1. The first-order valence-corrected chi connectivity index (χ1v) is 11.2. The third-order valence-corrected chi connectivity index (χ3v) is 5.36. The van der Waals surface area contributed by atoms with E-state index in [1.54, 1.807) is 12.4 Å².